The lowest BCUT2D eigenvalue weighted by Gasteiger charge is -2.11. The molecule has 5 heteroatoms. The number of carbonyl (C=O) groups excluding carboxylic acids is 2. The molecule has 3 aromatic rings. The molecule has 0 atom stereocenters. The van der Waals surface area contributed by atoms with Crippen molar-refractivity contribution in [3.8, 4) is 11.1 Å². The van der Waals surface area contributed by atoms with Crippen LogP contribution in [0.5, 0.6) is 0 Å². The number of carbonyl (C=O) groups is 2. The Morgan fingerprint density at radius 3 is 2.40 bits per heavy atom. The number of hydrogen-bond acceptors (Lipinski definition) is 2. The van der Waals surface area contributed by atoms with E-state index in [0.29, 0.717) is 12.1 Å². The van der Waals surface area contributed by atoms with Crippen molar-refractivity contribution in [2.24, 2.45) is 0 Å². The van der Waals surface area contributed by atoms with Crippen LogP contribution in [0.2, 0.25) is 0 Å². The molecule has 152 valence electrons. The molecule has 0 bridgehead atoms. The fourth-order valence-electron chi connectivity index (χ4n) is 3.67. The lowest BCUT2D eigenvalue weighted by Crippen LogP contribution is -2.39. The quantitative estimate of drug-likeness (QED) is 0.455. The van der Waals surface area contributed by atoms with Gasteiger partial charge in [-0.3, -0.25) is 4.79 Å². The van der Waals surface area contributed by atoms with Crippen LogP contribution in [-0.4, -0.2) is 18.0 Å². The molecule has 4 rings (SSSR count). The molecule has 0 radical (unpaired) electrons. The average Bonchev–Trinajstić information content (AvgIpc) is 3.10. The number of benzene rings is 3. The minimum absolute atomic E-state index is 0.0868. The second-order valence-electron chi connectivity index (χ2n) is 7.84. The van der Waals surface area contributed by atoms with E-state index in [1.807, 2.05) is 44.2 Å². The maximum Gasteiger partial charge on any atom is 0.315 e. The fraction of sp³-hybridized carbons (Fsp3) is 0.200. The third kappa shape index (κ3) is 4.35. The molecule has 0 fully saturated rings. The maximum atomic E-state index is 12.7. The molecule has 0 aromatic heterocycles. The molecule has 0 heterocycles. The number of anilines is 1. The van der Waals surface area contributed by atoms with Gasteiger partial charge in [-0.1, -0.05) is 42.5 Å². The first kappa shape index (κ1) is 19.7. The van der Waals surface area contributed by atoms with Crippen molar-refractivity contribution in [3.63, 3.8) is 0 Å². The van der Waals surface area contributed by atoms with Gasteiger partial charge in [0.1, 0.15) is 0 Å². The first-order chi connectivity index (χ1) is 14.5. The van der Waals surface area contributed by atoms with Crippen LogP contribution in [0.4, 0.5) is 10.5 Å². The highest BCUT2D eigenvalue weighted by Crippen LogP contribution is 2.37. The zero-order valence-corrected chi connectivity index (χ0v) is 17.2. The van der Waals surface area contributed by atoms with Crippen molar-refractivity contribution in [3.05, 3.63) is 89.0 Å². The van der Waals surface area contributed by atoms with Gasteiger partial charge in [-0.15, -0.1) is 0 Å². The van der Waals surface area contributed by atoms with Gasteiger partial charge in [0.2, 0.25) is 0 Å². The molecule has 5 nitrogen and oxygen atoms in total. The van der Waals surface area contributed by atoms with Gasteiger partial charge in [0.15, 0.2) is 0 Å². The minimum Gasteiger partial charge on any atom is -0.336 e. The lowest BCUT2D eigenvalue weighted by molar-refractivity contribution is 0.102. The molecular formula is C25H25N3O2. The van der Waals surface area contributed by atoms with E-state index < -0.39 is 0 Å². The summed E-state index contributed by atoms with van der Waals surface area (Å²) in [4.78, 5) is 24.3. The monoisotopic (exact) mass is 399 g/mol. The number of amides is 3. The third-order valence-corrected chi connectivity index (χ3v) is 5.15. The molecule has 0 aliphatic heterocycles. The van der Waals surface area contributed by atoms with Crippen LogP contribution in [0.3, 0.4) is 0 Å². The summed E-state index contributed by atoms with van der Waals surface area (Å²) >= 11 is 0. The van der Waals surface area contributed by atoms with Crippen molar-refractivity contribution in [1.82, 2.24) is 10.6 Å². The third-order valence-electron chi connectivity index (χ3n) is 5.15. The zero-order chi connectivity index (χ0) is 21.1. The molecule has 30 heavy (non-hydrogen) atoms. The van der Waals surface area contributed by atoms with E-state index in [9.17, 15) is 9.59 Å². The highest BCUT2D eigenvalue weighted by atomic mass is 16.2. The Morgan fingerprint density at radius 2 is 1.63 bits per heavy atom. The molecule has 3 amide bonds. The minimum atomic E-state index is -0.204. The van der Waals surface area contributed by atoms with E-state index in [2.05, 4.69) is 40.2 Å². The number of urea groups is 1. The van der Waals surface area contributed by atoms with E-state index in [0.717, 1.165) is 17.7 Å². The SMILES string of the molecule is CC(C)NC(=O)NCc1ccc(C(=O)Nc2ccc3c(c2)-c2ccccc2C3)cc1. The predicted octanol–water partition coefficient (Wildman–Crippen LogP) is 4.72. The highest BCUT2D eigenvalue weighted by Gasteiger charge is 2.18. The van der Waals surface area contributed by atoms with Crippen molar-refractivity contribution < 1.29 is 9.59 Å². The van der Waals surface area contributed by atoms with Gasteiger partial charge >= 0.3 is 6.03 Å². The summed E-state index contributed by atoms with van der Waals surface area (Å²) in [5.41, 5.74) is 7.32. The van der Waals surface area contributed by atoms with Crippen LogP contribution < -0.4 is 16.0 Å². The number of nitrogens with one attached hydrogen (secondary N) is 3. The number of rotatable bonds is 5. The summed E-state index contributed by atoms with van der Waals surface area (Å²) in [5, 5.41) is 8.57. The predicted molar refractivity (Wildman–Crippen MR) is 120 cm³/mol. The van der Waals surface area contributed by atoms with E-state index in [-0.39, 0.29) is 18.0 Å². The smallest absolute Gasteiger partial charge is 0.315 e. The van der Waals surface area contributed by atoms with Crippen LogP contribution in [0.15, 0.2) is 66.7 Å². The van der Waals surface area contributed by atoms with Crippen LogP contribution in [0, 0.1) is 0 Å². The summed E-state index contributed by atoms with van der Waals surface area (Å²) in [5.74, 6) is -0.154. The van der Waals surface area contributed by atoms with Crippen LogP contribution in [0.25, 0.3) is 11.1 Å². The van der Waals surface area contributed by atoms with E-state index in [1.54, 1.807) is 12.1 Å². The topological polar surface area (TPSA) is 70.2 Å². The van der Waals surface area contributed by atoms with E-state index >= 15 is 0 Å². The Labute approximate surface area is 176 Å². The summed E-state index contributed by atoms with van der Waals surface area (Å²) in [7, 11) is 0. The lowest BCUT2D eigenvalue weighted by atomic mass is 10.1. The van der Waals surface area contributed by atoms with E-state index in [1.165, 1.54) is 22.3 Å². The molecular weight excluding hydrogens is 374 g/mol. The molecule has 3 aromatic carbocycles. The van der Waals surface area contributed by atoms with Crippen LogP contribution >= 0.6 is 0 Å². The second kappa shape index (κ2) is 8.41. The molecule has 3 N–H and O–H groups in total. The first-order valence-corrected chi connectivity index (χ1v) is 10.2. The summed E-state index contributed by atoms with van der Waals surface area (Å²) < 4.78 is 0. The number of fused-ring (bicyclic) bond motifs is 3. The standard InChI is InChI=1S/C25H25N3O2/c1-16(2)27-25(30)26-15-17-7-9-18(10-8-17)24(29)28-21-12-11-20-13-19-5-3-4-6-22(19)23(20)14-21/h3-12,14,16H,13,15H2,1-2H3,(H,28,29)(H2,26,27,30). The van der Waals surface area contributed by atoms with Gasteiger partial charge in [0.25, 0.3) is 5.91 Å². The maximum absolute atomic E-state index is 12.7. The largest absolute Gasteiger partial charge is 0.336 e. The van der Waals surface area contributed by atoms with Crippen molar-refractivity contribution in [2.75, 3.05) is 5.32 Å². The van der Waals surface area contributed by atoms with Gasteiger partial charge in [0, 0.05) is 23.8 Å². The van der Waals surface area contributed by atoms with Gasteiger partial charge in [-0.25, -0.2) is 4.79 Å². The van der Waals surface area contributed by atoms with Crippen LogP contribution in [-0.2, 0) is 13.0 Å². The molecule has 0 spiro atoms. The Kier molecular flexibility index (Phi) is 5.53. The van der Waals surface area contributed by atoms with Crippen molar-refractivity contribution in [1.29, 1.82) is 0 Å². The zero-order valence-electron chi connectivity index (χ0n) is 17.2. The molecule has 0 unspecified atom stereocenters. The summed E-state index contributed by atoms with van der Waals surface area (Å²) in [6.07, 6.45) is 0.935. The Morgan fingerprint density at radius 1 is 0.900 bits per heavy atom. The molecule has 0 saturated carbocycles. The molecule has 1 aliphatic rings. The Hall–Kier alpha value is -3.60. The van der Waals surface area contributed by atoms with Gasteiger partial charge in [0.05, 0.1) is 0 Å². The van der Waals surface area contributed by atoms with Crippen molar-refractivity contribution >= 4 is 17.6 Å². The van der Waals surface area contributed by atoms with Crippen molar-refractivity contribution in [2.45, 2.75) is 32.9 Å². The highest BCUT2D eigenvalue weighted by molar-refractivity contribution is 6.04. The van der Waals surface area contributed by atoms with Gasteiger partial charge in [-0.2, -0.15) is 0 Å². The number of hydrogen-bond donors (Lipinski definition) is 3. The molecule has 0 saturated heterocycles. The normalized spacial score (nSPS) is 11.6. The Balaban J connectivity index is 1.40. The van der Waals surface area contributed by atoms with Gasteiger partial charge in [-0.05, 0) is 72.4 Å². The fourth-order valence-corrected chi connectivity index (χ4v) is 3.67. The molecule has 1 aliphatic carbocycles. The average molecular weight is 399 g/mol. The first-order valence-electron chi connectivity index (χ1n) is 10.2. The summed E-state index contributed by atoms with van der Waals surface area (Å²) in [6.45, 7) is 4.23. The van der Waals surface area contributed by atoms with E-state index in [4.69, 9.17) is 0 Å². The van der Waals surface area contributed by atoms with Crippen LogP contribution in [0.1, 0.15) is 40.9 Å². The summed E-state index contributed by atoms with van der Waals surface area (Å²) in [6, 6.07) is 21.6. The Bertz CT molecular complexity index is 1090. The van der Waals surface area contributed by atoms with Gasteiger partial charge < -0.3 is 16.0 Å². The second-order valence-corrected chi connectivity index (χ2v) is 7.84.